The first-order valence-electron chi connectivity index (χ1n) is 4.10. The standard InChI is InChI=1S/C8H11F3O2/c1-13-6-4-2-3-5(6)7(12)8(9,10)11/h5-6H,2-4H2,1H3. The van der Waals surface area contributed by atoms with E-state index in [1.54, 1.807) is 0 Å². The molecular weight excluding hydrogens is 185 g/mol. The molecule has 0 saturated heterocycles. The van der Waals surface area contributed by atoms with Gasteiger partial charge in [0, 0.05) is 7.11 Å². The van der Waals surface area contributed by atoms with E-state index < -0.39 is 24.0 Å². The van der Waals surface area contributed by atoms with E-state index in [9.17, 15) is 18.0 Å². The van der Waals surface area contributed by atoms with Crippen LogP contribution in [-0.2, 0) is 9.53 Å². The molecule has 0 heterocycles. The van der Waals surface area contributed by atoms with E-state index in [1.807, 2.05) is 0 Å². The molecule has 0 aliphatic heterocycles. The first kappa shape index (κ1) is 10.5. The highest BCUT2D eigenvalue weighted by molar-refractivity contribution is 5.87. The molecule has 1 saturated carbocycles. The van der Waals surface area contributed by atoms with Crippen LogP contribution in [0.2, 0.25) is 0 Å². The number of halogens is 3. The zero-order valence-electron chi connectivity index (χ0n) is 7.23. The minimum absolute atomic E-state index is 0.289. The maximum atomic E-state index is 12.0. The van der Waals surface area contributed by atoms with Gasteiger partial charge in [-0.1, -0.05) is 6.42 Å². The maximum absolute atomic E-state index is 12.0. The van der Waals surface area contributed by atoms with Gasteiger partial charge < -0.3 is 4.74 Å². The smallest absolute Gasteiger partial charge is 0.381 e. The van der Waals surface area contributed by atoms with Gasteiger partial charge in [-0.3, -0.25) is 4.79 Å². The van der Waals surface area contributed by atoms with Crippen molar-refractivity contribution in [2.45, 2.75) is 31.5 Å². The second-order valence-electron chi connectivity index (χ2n) is 3.17. The zero-order valence-corrected chi connectivity index (χ0v) is 7.23. The van der Waals surface area contributed by atoms with Crippen LogP contribution in [0.25, 0.3) is 0 Å². The lowest BCUT2D eigenvalue weighted by atomic mass is 10.00. The van der Waals surface area contributed by atoms with Crippen LogP contribution in [0.15, 0.2) is 0 Å². The van der Waals surface area contributed by atoms with Crippen molar-refractivity contribution in [1.82, 2.24) is 0 Å². The number of hydrogen-bond donors (Lipinski definition) is 0. The topological polar surface area (TPSA) is 26.3 Å². The second-order valence-corrected chi connectivity index (χ2v) is 3.17. The quantitative estimate of drug-likeness (QED) is 0.674. The monoisotopic (exact) mass is 196 g/mol. The molecule has 1 rings (SSSR count). The molecule has 0 aromatic rings. The van der Waals surface area contributed by atoms with Crippen molar-refractivity contribution in [3.8, 4) is 0 Å². The van der Waals surface area contributed by atoms with Gasteiger partial charge in [-0.05, 0) is 12.8 Å². The normalized spacial score (nSPS) is 29.2. The Morgan fingerprint density at radius 2 is 2.00 bits per heavy atom. The average Bonchev–Trinajstić information content (AvgIpc) is 2.48. The molecule has 1 aliphatic carbocycles. The van der Waals surface area contributed by atoms with Gasteiger partial charge in [-0.2, -0.15) is 13.2 Å². The Hall–Kier alpha value is -0.580. The fraction of sp³-hybridized carbons (Fsp3) is 0.875. The molecule has 1 fully saturated rings. The SMILES string of the molecule is COC1CCCC1C(=O)C(F)(F)F. The largest absolute Gasteiger partial charge is 0.450 e. The number of carbonyl (C=O) groups is 1. The second kappa shape index (κ2) is 3.65. The van der Waals surface area contributed by atoms with Crippen molar-refractivity contribution in [1.29, 1.82) is 0 Å². The number of ketones is 1. The lowest BCUT2D eigenvalue weighted by Crippen LogP contribution is -2.35. The van der Waals surface area contributed by atoms with Gasteiger partial charge in [0.05, 0.1) is 12.0 Å². The van der Waals surface area contributed by atoms with Gasteiger partial charge in [0.1, 0.15) is 0 Å². The Kier molecular flexibility index (Phi) is 2.95. The van der Waals surface area contributed by atoms with Gasteiger partial charge >= 0.3 is 6.18 Å². The van der Waals surface area contributed by atoms with Crippen LogP contribution < -0.4 is 0 Å². The van der Waals surface area contributed by atoms with Gasteiger partial charge in [0.25, 0.3) is 0 Å². The molecule has 0 amide bonds. The van der Waals surface area contributed by atoms with Crippen molar-refractivity contribution in [2.24, 2.45) is 5.92 Å². The molecule has 2 atom stereocenters. The number of alkyl halides is 3. The Balaban J connectivity index is 2.66. The maximum Gasteiger partial charge on any atom is 0.450 e. The lowest BCUT2D eigenvalue weighted by molar-refractivity contribution is -0.178. The van der Waals surface area contributed by atoms with Gasteiger partial charge in [0.2, 0.25) is 5.78 Å². The number of methoxy groups -OCH3 is 1. The van der Waals surface area contributed by atoms with E-state index in [0.717, 1.165) is 0 Å². The van der Waals surface area contributed by atoms with Crippen molar-refractivity contribution in [2.75, 3.05) is 7.11 Å². The molecule has 0 aromatic carbocycles. The molecule has 0 bridgehead atoms. The summed E-state index contributed by atoms with van der Waals surface area (Å²) in [6.07, 6.45) is -3.80. The summed E-state index contributed by atoms with van der Waals surface area (Å²) in [5.74, 6) is -2.62. The van der Waals surface area contributed by atoms with Gasteiger partial charge in [0.15, 0.2) is 0 Å². The molecule has 0 radical (unpaired) electrons. The van der Waals surface area contributed by atoms with E-state index in [-0.39, 0.29) is 6.42 Å². The average molecular weight is 196 g/mol. The Morgan fingerprint density at radius 3 is 2.46 bits per heavy atom. The molecule has 0 N–H and O–H groups in total. The summed E-state index contributed by atoms with van der Waals surface area (Å²) in [6, 6.07) is 0. The summed E-state index contributed by atoms with van der Waals surface area (Å²) >= 11 is 0. The third-order valence-corrected chi connectivity index (χ3v) is 2.37. The number of ether oxygens (including phenoxy) is 1. The van der Waals surface area contributed by atoms with Gasteiger partial charge in [-0.15, -0.1) is 0 Å². The summed E-state index contributed by atoms with van der Waals surface area (Å²) in [6.45, 7) is 0. The first-order valence-corrected chi connectivity index (χ1v) is 4.10. The van der Waals surface area contributed by atoms with E-state index in [0.29, 0.717) is 12.8 Å². The third kappa shape index (κ3) is 2.21. The number of Topliss-reactive ketones (excluding diaryl/α,β-unsaturated/α-hetero) is 1. The highest BCUT2D eigenvalue weighted by Crippen LogP contribution is 2.33. The van der Waals surface area contributed by atoms with Crippen molar-refractivity contribution >= 4 is 5.78 Å². The first-order chi connectivity index (χ1) is 5.96. The number of carbonyl (C=O) groups excluding carboxylic acids is 1. The zero-order chi connectivity index (χ0) is 10.1. The predicted octanol–water partition coefficient (Wildman–Crippen LogP) is 1.93. The van der Waals surface area contributed by atoms with Crippen LogP contribution in [0.4, 0.5) is 13.2 Å². The molecule has 2 unspecified atom stereocenters. The Bertz CT molecular complexity index is 200. The Morgan fingerprint density at radius 1 is 1.38 bits per heavy atom. The fourth-order valence-corrected chi connectivity index (χ4v) is 1.72. The summed E-state index contributed by atoms with van der Waals surface area (Å²) in [7, 11) is 1.34. The van der Waals surface area contributed by atoms with Crippen molar-refractivity contribution < 1.29 is 22.7 Å². The molecule has 76 valence electrons. The number of hydrogen-bond acceptors (Lipinski definition) is 2. The van der Waals surface area contributed by atoms with E-state index in [4.69, 9.17) is 4.74 Å². The molecule has 5 heteroatoms. The van der Waals surface area contributed by atoms with Crippen molar-refractivity contribution in [3.63, 3.8) is 0 Å². The van der Waals surface area contributed by atoms with E-state index in [1.165, 1.54) is 7.11 Å². The number of rotatable bonds is 2. The van der Waals surface area contributed by atoms with Crippen LogP contribution in [-0.4, -0.2) is 25.2 Å². The molecule has 13 heavy (non-hydrogen) atoms. The lowest BCUT2D eigenvalue weighted by Gasteiger charge is -2.17. The molecule has 0 spiro atoms. The summed E-state index contributed by atoms with van der Waals surface area (Å²) in [4.78, 5) is 10.8. The minimum Gasteiger partial charge on any atom is -0.381 e. The molecule has 2 nitrogen and oxygen atoms in total. The fourth-order valence-electron chi connectivity index (χ4n) is 1.72. The summed E-state index contributed by atoms with van der Waals surface area (Å²) in [5, 5.41) is 0. The van der Waals surface area contributed by atoms with Crippen LogP contribution in [0.3, 0.4) is 0 Å². The highest BCUT2D eigenvalue weighted by atomic mass is 19.4. The van der Waals surface area contributed by atoms with E-state index >= 15 is 0 Å². The summed E-state index contributed by atoms with van der Waals surface area (Å²) in [5.41, 5.74) is 0. The molecule has 1 aliphatic rings. The van der Waals surface area contributed by atoms with Crippen LogP contribution in [0.1, 0.15) is 19.3 Å². The Labute approximate surface area is 74.1 Å². The third-order valence-electron chi connectivity index (χ3n) is 2.37. The van der Waals surface area contributed by atoms with Crippen molar-refractivity contribution in [3.05, 3.63) is 0 Å². The van der Waals surface area contributed by atoms with Crippen LogP contribution >= 0.6 is 0 Å². The van der Waals surface area contributed by atoms with Gasteiger partial charge in [-0.25, -0.2) is 0 Å². The van der Waals surface area contributed by atoms with Crippen LogP contribution in [0, 0.1) is 5.92 Å². The molecular formula is C8H11F3O2. The minimum atomic E-state index is -4.72. The summed E-state index contributed by atoms with van der Waals surface area (Å²) < 4.78 is 40.8. The van der Waals surface area contributed by atoms with Crippen LogP contribution in [0.5, 0.6) is 0 Å². The molecule has 0 aromatic heterocycles. The van der Waals surface area contributed by atoms with E-state index in [2.05, 4.69) is 0 Å². The predicted molar refractivity (Wildman–Crippen MR) is 39.2 cm³/mol. The highest BCUT2D eigenvalue weighted by Gasteiger charge is 2.47.